The van der Waals surface area contributed by atoms with E-state index in [1.807, 2.05) is 20.8 Å². The zero-order valence-corrected chi connectivity index (χ0v) is 13.2. The molecule has 0 aliphatic carbocycles. The molecule has 1 saturated heterocycles. The number of ether oxygens (including phenoxy) is 2. The van der Waals surface area contributed by atoms with Gasteiger partial charge in [-0.1, -0.05) is 34.6 Å². The van der Waals surface area contributed by atoms with Gasteiger partial charge in [0.25, 0.3) is 0 Å². The van der Waals surface area contributed by atoms with Crippen LogP contribution in [0, 0.1) is 10.8 Å². The standard InChI is InChI=1S/C15H30O3/c1-13(2,3)12-15(7,8)11(16)10(18-12)9-17-14(4,5)6/h10-12,16H,9H2,1-8H3. The molecule has 3 heteroatoms. The molecule has 1 heterocycles. The molecule has 1 aliphatic rings. The Morgan fingerprint density at radius 3 is 1.94 bits per heavy atom. The molecule has 0 bridgehead atoms. The van der Waals surface area contributed by atoms with Crippen LogP contribution in [0.4, 0.5) is 0 Å². The van der Waals surface area contributed by atoms with Crippen LogP contribution in [0.25, 0.3) is 0 Å². The average Bonchev–Trinajstić information content (AvgIpc) is 2.34. The predicted octanol–water partition coefficient (Wildman–Crippen LogP) is 3.00. The smallest absolute Gasteiger partial charge is 0.108 e. The lowest BCUT2D eigenvalue weighted by atomic mass is 9.71. The van der Waals surface area contributed by atoms with Crippen molar-refractivity contribution in [1.82, 2.24) is 0 Å². The molecule has 108 valence electrons. The van der Waals surface area contributed by atoms with Crippen molar-refractivity contribution in [2.45, 2.75) is 79.3 Å². The second-order valence-corrected chi connectivity index (χ2v) is 8.11. The number of rotatable bonds is 2. The molecule has 0 aromatic carbocycles. The van der Waals surface area contributed by atoms with E-state index < -0.39 is 6.10 Å². The van der Waals surface area contributed by atoms with Gasteiger partial charge in [-0.05, 0) is 26.2 Å². The van der Waals surface area contributed by atoms with E-state index in [2.05, 4.69) is 34.6 Å². The molecule has 1 rings (SSSR count). The third-order valence-electron chi connectivity index (χ3n) is 3.57. The normalized spacial score (nSPS) is 32.8. The molecule has 1 N–H and O–H groups in total. The van der Waals surface area contributed by atoms with Crippen LogP contribution in [0.1, 0.15) is 55.4 Å². The Balaban J connectivity index is 2.76. The molecular formula is C15H30O3. The number of hydrogen-bond acceptors (Lipinski definition) is 3. The van der Waals surface area contributed by atoms with E-state index in [4.69, 9.17) is 9.47 Å². The van der Waals surface area contributed by atoms with Gasteiger partial charge in [0, 0.05) is 5.41 Å². The molecule has 0 aromatic heterocycles. The van der Waals surface area contributed by atoms with Crippen LogP contribution in [0.2, 0.25) is 0 Å². The Kier molecular flexibility index (Phi) is 4.22. The van der Waals surface area contributed by atoms with E-state index in [0.717, 1.165) is 0 Å². The fourth-order valence-electron chi connectivity index (χ4n) is 2.84. The van der Waals surface area contributed by atoms with Crippen molar-refractivity contribution in [2.75, 3.05) is 6.61 Å². The van der Waals surface area contributed by atoms with Gasteiger partial charge in [-0.2, -0.15) is 0 Å². The summed E-state index contributed by atoms with van der Waals surface area (Å²) in [4.78, 5) is 0. The quantitative estimate of drug-likeness (QED) is 0.827. The molecule has 3 nitrogen and oxygen atoms in total. The van der Waals surface area contributed by atoms with Crippen LogP contribution in [0.5, 0.6) is 0 Å². The lowest BCUT2D eigenvalue weighted by Gasteiger charge is -2.37. The molecule has 0 spiro atoms. The highest BCUT2D eigenvalue weighted by Crippen LogP contribution is 2.46. The highest BCUT2D eigenvalue weighted by molar-refractivity contribution is 5.01. The van der Waals surface area contributed by atoms with Gasteiger partial charge >= 0.3 is 0 Å². The molecule has 0 radical (unpaired) electrons. The molecule has 0 amide bonds. The minimum atomic E-state index is -0.482. The van der Waals surface area contributed by atoms with Gasteiger partial charge < -0.3 is 14.6 Å². The Morgan fingerprint density at radius 2 is 1.61 bits per heavy atom. The second-order valence-electron chi connectivity index (χ2n) is 8.11. The summed E-state index contributed by atoms with van der Waals surface area (Å²) in [5, 5.41) is 10.4. The monoisotopic (exact) mass is 258 g/mol. The first-order chi connectivity index (χ1) is 7.86. The fourth-order valence-corrected chi connectivity index (χ4v) is 2.84. The van der Waals surface area contributed by atoms with Gasteiger partial charge in [-0.25, -0.2) is 0 Å². The van der Waals surface area contributed by atoms with Crippen molar-refractivity contribution in [1.29, 1.82) is 0 Å². The summed E-state index contributed by atoms with van der Waals surface area (Å²) >= 11 is 0. The molecule has 0 aromatic rings. The number of hydrogen-bond donors (Lipinski definition) is 1. The Labute approximate surface area is 112 Å². The minimum absolute atomic E-state index is 0.0148. The summed E-state index contributed by atoms with van der Waals surface area (Å²) in [5.74, 6) is 0. The van der Waals surface area contributed by atoms with Gasteiger partial charge in [0.15, 0.2) is 0 Å². The molecule has 1 fully saturated rings. The third-order valence-corrected chi connectivity index (χ3v) is 3.57. The highest BCUT2D eigenvalue weighted by Gasteiger charge is 2.53. The van der Waals surface area contributed by atoms with Crippen molar-refractivity contribution in [3.8, 4) is 0 Å². The lowest BCUT2D eigenvalue weighted by Crippen LogP contribution is -2.42. The first-order valence-electron chi connectivity index (χ1n) is 6.83. The van der Waals surface area contributed by atoms with E-state index >= 15 is 0 Å². The Morgan fingerprint density at radius 1 is 1.11 bits per heavy atom. The first-order valence-corrected chi connectivity index (χ1v) is 6.83. The molecule has 3 unspecified atom stereocenters. The Hall–Kier alpha value is -0.120. The summed E-state index contributed by atoms with van der Waals surface area (Å²) in [6.07, 6.45) is -0.680. The van der Waals surface area contributed by atoms with Crippen molar-refractivity contribution in [3.63, 3.8) is 0 Å². The van der Waals surface area contributed by atoms with Crippen LogP contribution in [-0.2, 0) is 9.47 Å². The maximum atomic E-state index is 10.4. The number of aliphatic hydroxyl groups is 1. The van der Waals surface area contributed by atoms with E-state index in [9.17, 15) is 5.11 Å². The maximum Gasteiger partial charge on any atom is 0.108 e. The summed E-state index contributed by atoms with van der Waals surface area (Å²) in [6.45, 7) is 17.1. The molecule has 1 aliphatic heterocycles. The van der Waals surface area contributed by atoms with Gasteiger partial charge in [0.05, 0.1) is 24.4 Å². The largest absolute Gasteiger partial charge is 0.390 e. The lowest BCUT2D eigenvalue weighted by molar-refractivity contribution is -0.103. The molecule has 3 atom stereocenters. The van der Waals surface area contributed by atoms with E-state index in [0.29, 0.717) is 6.61 Å². The van der Waals surface area contributed by atoms with Crippen LogP contribution in [0.15, 0.2) is 0 Å². The van der Waals surface area contributed by atoms with Gasteiger partial charge in [0.1, 0.15) is 6.10 Å². The molecule has 0 saturated carbocycles. The van der Waals surface area contributed by atoms with Gasteiger partial charge in [-0.15, -0.1) is 0 Å². The third kappa shape index (κ3) is 3.46. The SMILES string of the molecule is CC(C)(C)OCC1OC(C(C)(C)C)C(C)(C)C1O. The average molecular weight is 258 g/mol. The van der Waals surface area contributed by atoms with Crippen LogP contribution in [-0.4, -0.2) is 35.6 Å². The number of aliphatic hydroxyl groups excluding tert-OH is 1. The van der Waals surface area contributed by atoms with Crippen molar-refractivity contribution in [3.05, 3.63) is 0 Å². The summed E-state index contributed by atoms with van der Waals surface area (Å²) in [5.41, 5.74) is -0.432. The second kappa shape index (κ2) is 4.77. The first kappa shape index (κ1) is 15.9. The molecular weight excluding hydrogens is 228 g/mol. The summed E-state index contributed by atoms with van der Waals surface area (Å²) in [7, 11) is 0. The minimum Gasteiger partial charge on any atom is -0.390 e. The van der Waals surface area contributed by atoms with E-state index in [-0.39, 0.29) is 28.6 Å². The molecule has 18 heavy (non-hydrogen) atoms. The Bertz CT molecular complexity index is 283. The summed E-state index contributed by atoms with van der Waals surface area (Å²) < 4.78 is 11.8. The van der Waals surface area contributed by atoms with Gasteiger partial charge in [0.2, 0.25) is 0 Å². The maximum absolute atomic E-state index is 10.4. The van der Waals surface area contributed by atoms with Crippen molar-refractivity contribution in [2.24, 2.45) is 10.8 Å². The van der Waals surface area contributed by atoms with Crippen molar-refractivity contribution < 1.29 is 14.6 Å². The zero-order valence-electron chi connectivity index (χ0n) is 13.2. The zero-order chi connectivity index (χ0) is 14.4. The topological polar surface area (TPSA) is 38.7 Å². The fraction of sp³-hybridized carbons (Fsp3) is 1.00. The van der Waals surface area contributed by atoms with Gasteiger partial charge in [-0.3, -0.25) is 0 Å². The van der Waals surface area contributed by atoms with Crippen molar-refractivity contribution >= 4 is 0 Å². The van der Waals surface area contributed by atoms with Crippen LogP contribution >= 0.6 is 0 Å². The predicted molar refractivity (Wildman–Crippen MR) is 73.6 cm³/mol. The summed E-state index contributed by atoms with van der Waals surface area (Å²) in [6, 6.07) is 0. The van der Waals surface area contributed by atoms with Crippen LogP contribution < -0.4 is 0 Å². The highest BCUT2D eigenvalue weighted by atomic mass is 16.6. The van der Waals surface area contributed by atoms with Crippen LogP contribution in [0.3, 0.4) is 0 Å². The van der Waals surface area contributed by atoms with E-state index in [1.54, 1.807) is 0 Å². The van der Waals surface area contributed by atoms with E-state index in [1.165, 1.54) is 0 Å².